The van der Waals surface area contributed by atoms with Crippen molar-refractivity contribution in [1.29, 1.82) is 5.26 Å². The van der Waals surface area contributed by atoms with Crippen molar-refractivity contribution in [3.8, 4) is 11.8 Å². The minimum absolute atomic E-state index is 0.475. The molecule has 0 unspecified atom stereocenters. The molecule has 32 heavy (non-hydrogen) atoms. The van der Waals surface area contributed by atoms with Gasteiger partial charge in [-0.25, -0.2) is 0 Å². The highest BCUT2D eigenvalue weighted by Gasteiger charge is 2.19. The van der Waals surface area contributed by atoms with E-state index in [0.29, 0.717) is 17.4 Å². The van der Waals surface area contributed by atoms with Crippen LogP contribution in [0.2, 0.25) is 0 Å². The molecule has 0 saturated heterocycles. The minimum atomic E-state index is 0.475. The zero-order valence-corrected chi connectivity index (χ0v) is 19.3. The minimum Gasteiger partial charge on any atom is -0.344 e. The Bertz CT molecular complexity index is 1180. The lowest BCUT2D eigenvalue weighted by atomic mass is 9.91. The second-order valence-corrected chi connectivity index (χ2v) is 8.85. The van der Waals surface area contributed by atoms with Gasteiger partial charge >= 0.3 is 0 Å². The second kappa shape index (κ2) is 9.24. The normalized spacial score (nSPS) is 13.4. The van der Waals surface area contributed by atoms with Gasteiger partial charge < -0.3 is 4.90 Å². The molecule has 0 atom stereocenters. The number of allylic oxidation sites excluding steroid dienone is 2. The van der Waals surface area contributed by atoms with Crippen LogP contribution in [-0.4, -0.2) is 6.54 Å². The predicted molar refractivity (Wildman–Crippen MR) is 132 cm³/mol. The highest BCUT2D eigenvalue weighted by Crippen LogP contribution is 2.36. The summed E-state index contributed by atoms with van der Waals surface area (Å²) in [5, 5.41) is 9.38. The lowest BCUT2D eigenvalue weighted by molar-refractivity contribution is -0.596. The highest BCUT2D eigenvalue weighted by atomic mass is 15.1. The first-order valence-electron chi connectivity index (χ1n) is 11.3. The van der Waals surface area contributed by atoms with Gasteiger partial charge in [0, 0.05) is 36.6 Å². The van der Waals surface area contributed by atoms with Crippen molar-refractivity contribution < 1.29 is 4.57 Å². The Morgan fingerprint density at radius 1 is 0.875 bits per heavy atom. The first kappa shape index (κ1) is 21.6. The Morgan fingerprint density at radius 2 is 1.53 bits per heavy atom. The molecule has 3 nitrogen and oxygen atoms in total. The van der Waals surface area contributed by atoms with Gasteiger partial charge in [-0.15, -0.1) is 0 Å². The van der Waals surface area contributed by atoms with Gasteiger partial charge in [-0.05, 0) is 46.2 Å². The summed E-state index contributed by atoms with van der Waals surface area (Å²) in [6.45, 7) is 9.91. The Balaban J connectivity index is 1.59. The van der Waals surface area contributed by atoms with E-state index in [1.165, 1.54) is 28.0 Å². The maximum absolute atomic E-state index is 9.38. The lowest BCUT2D eigenvalue weighted by Crippen LogP contribution is -2.30. The zero-order chi connectivity index (χ0) is 22.7. The summed E-state index contributed by atoms with van der Waals surface area (Å²) in [5.74, 6) is 0.951. The van der Waals surface area contributed by atoms with E-state index in [0.717, 1.165) is 12.2 Å². The molecule has 0 N–H and O–H groups in total. The van der Waals surface area contributed by atoms with Crippen LogP contribution in [0, 0.1) is 11.3 Å². The van der Waals surface area contributed by atoms with Gasteiger partial charge in [0.1, 0.15) is 11.6 Å². The molecule has 0 radical (unpaired) electrons. The molecule has 160 valence electrons. The number of nitriles is 1. The molecule has 0 fully saturated rings. The van der Waals surface area contributed by atoms with E-state index in [1.807, 2.05) is 41.2 Å². The van der Waals surface area contributed by atoms with Crippen molar-refractivity contribution in [3.05, 3.63) is 108 Å². The monoisotopic (exact) mass is 420 g/mol. The van der Waals surface area contributed by atoms with Crippen LogP contribution in [0.15, 0.2) is 85.3 Å². The Hall–Kier alpha value is -3.64. The maximum atomic E-state index is 9.38. The van der Waals surface area contributed by atoms with E-state index in [9.17, 15) is 5.26 Å². The smallest absolute Gasteiger partial charge is 0.228 e. The number of aromatic nitrogens is 1. The summed E-state index contributed by atoms with van der Waals surface area (Å²) in [4.78, 5) is 2.38. The topological polar surface area (TPSA) is 30.9 Å². The van der Waals surface area contributed by atoms with Crippen LogP contribution in [-0.2, 0) is 0 Å². The average Bonchev–Trinajstić information content (AvgIpc) is 2.83. The van der Waals surface area contributed by atoms with Gasteiger partial charge in [0.25, 0.3) is 0 Å². The Labute approximate surface area is 191 Å². The van der Waals surface area contributed by atoms with Crippen LogP contribution in [0.4, 0.5) is 5.69 Å². The summed E-state index contributed by atoms with van der Waals surface area (Å²) >= 11 is 0. The van der Waals surface area contributed by atoms with Crippen molar-refractivity contribution in [2.45, 2.75) is 39.5 Å². The first-order valence-corrected chi connectivity index (χ1v) is 11.3. The predicted octanol–water partition coefficient (Wildman–Crippen LogP) is 6.50. The number of benzene rings is 2. The van der Waals surface area contributed by atoms with E-state index in [2.05, 4.69) is 87.3 Å². The van der Waals surface area contributed by atoms with Crippen molar-refractivity contribution in [3.63, 3.8) is 0 Å². The van der Waals surface area contributed by atoms with Crippen LogP contribution in [0.1, 0.15) is 61.8 Å². The molecule has 4 rings (SSSR count). The van der Waals surface area contributed by atoms with Crippen molar-refractivity contribution in [2.75, 3.05) is 11.4 Å². The van der Waals surface area contributed by atoms with Gasteiger partial charge in [-0.1, -0.05) is 64.1 Å². The van der Waals surface area contributed by atoms with Crippen molar-refractivity contribution in [1.82, 2.24) is 0 Å². The van der Waals surface area contributed by atoms with E-state index in [1.54, 1.807) is 0 Å². The van der Waals surface area contributed by atoms with Crippen molar-refractivity contribution in [2.24, 2.45) is 0 Å². The third-order valence-electron chi connectivity index (χ3n) is 6.04. The van der Waals surface area contributed by atoms with Gasteiger partial charge in [-0.3, -0.25) is 0 Å². The van der Waals surface area contributed by atoms with E-state index in [4.69, 9.17) is 0 Å². The summed E-state index contributed by atoms with van der Waals surface area (Å²) in [7, 11) is 0. The van der Waals surface area contributed by atoms with Gasteiger partial charge in [-0.2, -0.15) is 9.83 Å². The Kier molecular flexibility index (Phi) is 6.23. The van der Waals surface area contributed by atoms with Crippen LogP contribution in [0.5, 0.6) is 0 Å². The molecule has 0 saturated carbocycles. The molecular formula is C29H30N3+. The highest BCUT2D eigenvalue weighted by molar-refractivity contribution is 5.78. The molecular weight excluding hydrogens is 390 g/mol. The first-order chi connectivity index (χ1) is 15.5. The molecule has 0 spiro atoms. The third kappa shape index (κ3) is 4.22. The molecule has 0 bridgehead atoms. The van der Waals surface area contributed by atoms with Crippen LogP contribution >= 0.6 is 0 Å². The van der Waals surface area contributed by atoms with Crippen LogP contribution in [0.25, 0.3) is 11.3 Å². The number of nitrogens with zero attached hydrogens (tertiary/aromatic N) is 3. The fourth-order valence-electron chi connectivity index (χ4n) is 4.29. The van der Waals surface area contributed by atoms with E-state index >= 15 is 0 Å². The molecule has 2 heterocycles. The zero-order valence-electron chi connectivity index (χ0n) is 19.3. The van der Waals surface area contributed by atoms with Gasteiger partial charge in [0.05, 0.1) is 0 Å². The van der Waals surface area contributed by atoms with Gasteiger partial charge in [0.2, 0.25) is 5.69 Å². The summed E-state index contributed by atoms with van der Waals surface area (Å²) < 4.78 is 2.00. The number of hydrogen-bond acceptors (Lipinski definition) is 2. The number of para-hydroxylation sites is 2. The number of anilines is 1. The van der Waals surface area contributed by atoms with E-state index in [-0.39, 0.29) is 0 Å². The van der Waals surface area contributed by atoms with Gasteiger partial charge in [0.15, 0.2) is 12.4 Å². The number of hydrogen-bond donors (Lipinski definition) is 0. The SMILES string of the molecule is CC(C)c1cccc(C(C)C)c1N1C=CC(c2cc[n+](-c3ccccc3C#N)cc2)=CC1. The molecule has 3 aromatic rings. The number of pyridine rings is 1. The Morgan fingerprint density at radius 3 is 2.09 bits per heavy atom. The van der Waals surface area contributed by atoms with Crippen molar-refractivity contribution >= 4 is 11.3 Å². The van der Waals surface area contributed by atoms with Crippen LogP contribution in [0.3, 0.4) is 0 Å². The van der Waals surface area contributed by atoms with Crippen LogP contribution < -0.4 is 9.47 Å². The summed E-state index contributed by atoms with van der Waals surface area (Å²) in [6, 6.07) is 20.9. The molecule has 2 aromatic carbocycles. The third-order valence-corrected chi connectivity index (χ3v) is 6.04. The molecule has 0 amide bonds. The molecule has 0 aliphatic carbocycles. The standard InChI is InChI=1S/C29H30N3/c1-21(2)26-9-7-10-27(22(3)4)29(26)32-18-14-24(15-19-32)23-12-16-31(17-13-23)28-11-6-5-8-25(28)20-30/h5-18,21-22H,19H2,1-4H3/q+1. The summed E-state index contributed by atoms with van der Waals surface area (Å²) in [5.41, 5.74) is 8.10. The fraction of sp³-hybridized carbons (Fsp3) is 0.241. The summed E-state index contributed by atoms with van der Waals surface area (Å²) in [6.07, 6.45) is 10.8. The average molecular weight is 421 g/mol. The second-order valence-electron chi connectivity index (χ2n) is 8.85. The molecule has 3 heteroatoms. The number of rotatable bonds is 5. The maximum Gasteiger partial charge on any atom is 0.228 e. The molecule has 1 aliphatic rings. The quantitative estimate of drug-likeness (QED) is 0.441. The fourth-order valence-corrected chi connectivity index (χ4v) is 4.29. The molecule has 1 aromatic heterocycles. The molecule has 1 aliphatic heterocycles. The lowest BCUT2D eigenvalue weighted by Gasteiger charge is -2.30. The largest absolute Gasteiger partial charge is 0.344 e. The van der Waals surface area contributed by atoms with E-state index < -0.39 is 0 Å².